The normalized spacial score (nSPS) is 16.7. The van der Waals surface area contributed by atoms with Crippen LogP contribution >= 0.6 is 0 Å². The predicted octanol–water partition coefficient (Wildman–Crippen LogP) is 0.749. The summed E-state index contributed by atoms with van der Waals surface area (Å²) in [6, 6.07) is 0. The minimum Gasteiger partial charge on any atom is -0.480 e. The summed E-state index contributed by atoms with van der Waals surface area (Å²) >= 11 is 0. The number of hydrogen-bond acceptors (Lipinski definition) is 3. The van der Waals surface area contributed by atoms with Gasteiger partial charge in [0.05, 0.1) is 12.4 Å². The van der Waals surface area contributed by atoms with Crippen molar-refractivity contribution in [3.8, 4) is 0 Å². The lowest BCUT2D eigenvalue weighted by atomic mass is 9.96. The van der Waals surface area contributed by atoms with Crippen LogP contribution in [0.5, 0.6) is 0 Å². The van der Waals surface area contributed by atoms with Crippen molar-refractivity contribution in [1.29, 1.82) is 0 Å². The van der Waals surface area contributed by atoms with E-state index in [4.69, 9.17) is 16.6 Å². The molecule has 5 N–H and O–H groups in total. The maximum Gasteiger partial charge on any atom is 0.326 e. The van der Waals surface area contributed by atoms with Gasteiger partial charge in [-0.25, -0.2) is 8.78 Å². The Kier molecular flexibility index (Phi) is 6.34. The van der Waals surface area contributed by atoms with Crippen molar-refractivity contribution in [1.82, 2.24) is 0 Å². The number of amidine groups is 1. The summed E-state index contributed by atoms with van der Waals surface area (Å²) < 4.78 is 25.5. The van der Waals surface area contributed by atoms with Crippen LogP contribution in [-0.4, -0.2) is 35.7 Å². The molecule has 0 bridgehead atoms. The minimum absolute atomic E-state index is 0.0255. The fraction of sp³-hybridized carbons (Fsp3) is 0.600. The highest BCUT2D eigenvalue weighted by atomic mass is 19.1. The molecule has 7 heteroatoms. The molecular formula is C10H17F2N3O2. The van der Waals surface area contributed by atoms with Crippen LogP contribution in [-0.2, 0) is 4.79 Å². The molecule has 0 aromatic rings. The van der Waals surface area contributed by atoms with Crippen LogP contribution in [0.4, 0.5) is 8.78 Å². The number of carbonyl (C=O) groups is 1. The number of allylic oxidation sites excluding steroid dienone is 1. The van der Waals surface area contributed by atoms with Gasteiger partial charge in [-0.3, -0.25) is 9.79 Å². The highest BCUT2D eigenvalue weighted by molar-refractivity contribution is 5.78. The van der Waals surface area contributed by atoms with E-state index in [1.54, 1.807) is 0 Å². The molecule has 0 heterocycles. The molecule has 0 radical (unpaired) electrons. The van der Waals surface area contributed by atoms with Crippen LogP contribution < -0.4 is 11.5 Å². The molecule has 17 heavy (non-hydrogen) atoms. The first kappa shape index (κ1) is 15.5. The van der Waals surface area contributed by atoms with Crippen LogP contribution in [0, 0.1) is 0 Å². The van der Waals surface area contributed by atoms with Crippen molar-refractivity contribution >= 4 is 11.8 Å². The monoisotopic (exact) mass is 249 g/mol. The summed E-state index contributed by atoms with van der Waals surface area (Å²) in [7, 11) is 0. The van der Waals surface area contributed by atoms with Gasteiger partial charge in [0.25, 0.3) is 0 Å². The van der Waals surface area contributed by atoms with Crippen molar-refractivity contribution in [2.45, 2.75) is 25.3 Å². The van der Waals surface area contributed by atoms with Gasteiger partial charge in [0.15, 0.2) is 0 Å². The average Bonchev–Trinajstić information content (AvgIpc) is 2.25. The zero-order valence-corrected chi connectivity index (χ0v) is 9.62. The van der Waals surface area contributed by atoms with Gasteiger partial charge in [0.2, 0.25) is 0 Å². The van der Waals surface area contributed by atoms with Crippen molar-refractivity contribution in [3.63, 3.8) is 0 Å². The van der Waals surface area contributed by atoms with Gasteiger partial charge in [-0.2, -0.15) is 0 Å². The number of nitrogens with zero attached hydrogens (tertiary/aromatic N) is 1. The Morgan fingerprint density at radius 2 is 2.18 bits per heavy atom. The molecule has 0 aliphatic rings. The molecule has 0 unspecified atom stereocenters. The standard InChI is InChI=1S/C10H17F2N3O2/c1-7(13)15-5-8(12)3-2-4-10(14,6-11)9(16)17/h3H,2,4-6,14H2,1H3,(H2,13,15)(H,16,17)/b8-3+/t10-/m0/s1. The molecule has 0 aliphatic heterocycles. The number of halogens is 2. The number of aliphatic imine (C=N–C) groups is 1. The van der Waals surface area contributed by atoms with Gasteiger partial charge in [-0.05, 0) is 19.8 Å². The molecule has 1 atom stereocenters. The van der Waals surface area contributed by atoms with Crippen LogP contribution in [0.1, 0.15) is 19.8 Å². The SMILES string of the molecule is CC(N)=NC/C(F)=C\CC[C@](N)(CF)C(=O)O. The number of hydrogen-bond donors (Lipinski definition) is 3. The zero-order chi connectivity index (χ0) is 13.5. The Morgan fingerprint density at radius 3 is 2.59 bits per heavy atom. The summed E-state index contributed by atoms with van der Waals surface area (Å²) in [5, 5.41) is 8.66. The fourth-order valence-corrected chi connectivity index (χ4v) is 0.982. The Balaban J connectivity index is 4.25. The molecule has 5 nitrogen and oxygen atoms in total. The lowest BCUT2D eigenvalue weighted by molar-refractivity contribution is -0.144. The van der Waals surface area contributed by atoms with Gasteiger partial charge in [0.1, 0.15) is 18.0 Å². The zero-order valence-electron chi connectivity index (χ0n) is 9.62. The molecule has 0 rings (SSSR count). The van der Waals surface area contributed by atoms with Gasteiger partial charge in [-0.15, -0.1) is 0 Å². The first-order valence-electron chi connectivity index (χ1n) is 5.01. The Morgan fingerprint density at radius 1 is 1.59 bits per heavy atom. The smallest absolute Gasteiger partial charge is 0.326 e. The summed E-state index contributed by atoms with van der Waals surface area (Å²) in [6.45, 7) is 0.117. The van der Waals surface area contributed by atoms with Crippen molar-refractivity contribution in [2.75, 3.05) is 13.2 Å². The molecule has 0 saturated carbocycles. The molecule has 0 amide bonds. The number of aliphatic carboxylic acids is 1. The van der Waals surface area contributed by atoms with Gasteiger partial charge >= 0.3 is 5.97 Å². The van der Waals surface area contributed by atoms with Crippen molar-refractivity contribution < 1.29 is 18.7 Å². The Labute approximate surface area is 98.2 Å². The molecule has 0 saturated heterocycles. The van der Waals surface area contributed by atoms with Crippen LogP contribution in [0.2, 0.25) is 0 Å². The van der Waals surface area contributed by atoms with Crippen LogP contribution in [0.15, 0.2) is 16.9 Å². The number of carboxylic acids is 1. The maximum absolute atomic E-state index is 13.1. The third-order valence-corrected chi connectivity index (χ3v) is 2.10. The second-order valence-corrected chi connectivity index (χ2v) is 3.74. The Bertz CT molecular complexity index is 328. The number of alkyl halides is 1. The summed E-state index contributed by atoms with van der Waals surface area (Å²) in [6.07, 6.45) is 0.974. The van der Waals surface area contributed by atoms with Gasteiger partial charge < -0.3 is 16.6 Å². The molecule has 0 aromatic heterocycles. The van der Waals surface area contributed by atoms with Gasteiger partial charge in [0, 0.05) is 0 Å². The first-order valence-corrected chi connectivity index (χ1v) is 5.01. The minimum atomic E-state index is -1.95. The topological polar surface area (TPSA) is 102 Å². The largest absolute Gasteiger partial charge is 0.480 e. The lowest BCUT2D eigenvalue weighted by Gasteiger charge is -2.19. The molecule has 0 spiro atoms. The second-order valence-electron chi connectivity index (χ2n) is 3.74. The van der Waals surface area contributed by atoms with E-state index in [2.05, 4.69) is 4.99 Å². The van der Waals surface area contributed by atoms with E-state index in [1.165, 1.54) is 6.92 Å². The van der Waals surface area contributed by atoms with E-state index in [0.29, 0.717) is 0 Å². The summed E-state index contributed by atoms with van der Waals surface area (Å²) in [4.78, 5) is 14.2. The van der Waals surface area contributed by atoms with Gasteiger partial charge in [-0.1, -0.05) is 6.08 Å². The first-order chi connectivity index (χ1) is 7.81. The third kappa shape index (κ3) is 5.96. The van der Waals surface area contributed by atoms with E-state index in [-0.39, 0.29) is 25.2 Å². The van der Waals surface area contributed by atoms with E-state index < -0.39 is 24.0 Å². The highest BCUT2D eigenvalue weighted by Gasteiger charge is 2.33. The summed E-state index contributed by atoms with van der Waals surface area (Å²) in [5.74, 6) is -1.75. The van der Waals surface area contributed by atoms with Crippen molar-refractivity contribution in [3.05, 3.63) is 11.9 Å². The molecular weight excluding hydrogens is 232 g/mol. The highest BCUT2D eigenvalue weighted by Crippen LogP contribution is 2.13. The third-order valence-electron chi connectivity index (χ3n) is 2.10. The molecule has 98 valence electrons. The van der Waals surface area contributed by atoms with E-state index >= 15 is 0 Å². The Hall–Kier alpha value is -1.50. The predicted molar refractivity (Wildman–Crippen MR) is 61.1 cm³/mol. The lowest BCUT2D eigenvalue weighted by Crippen LogP contribution is -2.49. The van der Waals surface area contributed by atoms with Crippen molar-refractivity contribution in [2.24, 2.45) is 16.5 Å². The van der Waals surface area contributed by atoms with E-state index in [0.717, 1.165) is 6.08 Å². The molecule has 0 fully saturated rings. The number of carboxylic acid groups (broad SMARTS) is 1. The second kappa shape index (κ2) is 6.95. The van der Waals surface area contributed by atoms with E-state index in [1.807, 2.05) is 0 Å². The van der Waals surface area contributed by atoms with E-state index in [9.17, 15) is 13.6 Å². The molecule has 0 aliphatic carbocycles. The fourth-order valence-electron chi connectivity index (χ4n) is 0.982. The van der Waals surface area contributed by atoms with Crippen LogP contribution in [0.25, 0.3) is 0 Å². The van der Waals surface area contributed by atoms with Crippen LogP contribution in [0.3, 0.4) is 0 Å². The quantitative estimate of drug-likeness (QED) is 0.457. The molecule has 0 aromatic carbocycles. The summed E-state index contributed by atoms with van der Waals surface area (Å²) in [5.41, 5.74) is 8.53. The number of rotatable bonds is 7. The average molecular weight is 249 g/mol. The maximum atomic E-state index is 13.1. The number of nitrogens with two attached hydrogens (primary N) is 2.